The molecule has 0 unspecified atom stereocenters. The van der Waals surface area contributed by atoms with E-state index in [1.54, 1.807) is 12.1 Å². The van der Waals surface area contributed by atoms with Gasteiger partial charge in [0.15, 0.2) is 0 Å². The van der Waals surface area contributed by atoms with Gasteiger partial charge in [0.25, 0.3) is 10.0 Å². The molecule has 0 saturated heterocycles. The van der Waals surface area contributed by atoms with Crippen molar-refractivity contribution in [1.82, 2.24) is 10.2 Å². The van der Waals surface area contributed by atoms with Gasteiger partial charge in [0.1, 0.15) is 12.6 Å². The second-order valence-electron chi connectivity index (χ2n) is 10.1. The van der Waals surface area contributed by atoms with Crippen molar-refractivity contribution in [2.75, 3.05) is 17.9 Å². The Hall–Kier alpha value is -4.14. The van der Waals surface area contributed by atoms with E-state index >= 15 is 0 Å². The summed E-state index contributed by atoms with van der Waals surface area (Å²) >= 11 is 6.04. The van der Waals surface area contributed by atoms with Crippen LogP contribution in [0, 0.1) is 13.8 Å². The molecular weight excluding hydrogens is 570 g/mol. The van der Waals surface area contributed by atoms with Gasteiger partial charge in [-0.3, -0.25) is 13.9 Å². The molecule has 0 bridgehead atoms. The lowest BCUT2D eigenvalue weighted by atomic mass is 10.0. The maximum Gasteiger partial charge on any atom is 0.264 e. The molecule has 4 aromatic carbocycles. The van der Waals surface area contributed by atoms with Crippen LogP contribution in [-0.4, -0.2) is 44.8 Å². The monoisotopic (exact) mass is 603 g/mol. The van der Waals surface area contributed by atoms with Gasteiger partial charge >= 0.3 is 0 Å². The highest BCUT2D eigenvalue weighted by Crippen LogP contribution is 2.27. The van der Waals surface area contributed by atoms with E-state index in [2.05, 4.69) is 5.32 Å². The molecule has 9 heteroatoms. The van der Waals surface area contributed by atoms with E-state index in [0.29, 0.717) is 10.7 Å². The summed E-state index contributed by atoms with van der Waals surface area (Å²) in [4.78, 5) is 29.0. The fraction of sp³-hybridized carbons (Fsp3) is 0.212. The number of hydrogen-bond donors (Lipinski definition) is 1. The minimum Gasteiger partial charge on any atom is -0.357 e. The van der Waals surface area contributed by atoms with Crippen LogP contribution in [0.15, 0.2) is 108 Å². The SMILES string of the molecule is CNC(=O)[C@H](Cc1ccccc1)N(Cc1ccccc1)C(=O)CN(c1ccc(C)c(C)c1)S(=O)(=O)c1ccc(Cl)cc1. The first-order valence-electron chi connectivity index (χ1n) is 13.5. The summed E-state index contributed by atoms with van der Waals surface area (Å²) < 4.78 is 29.2. The lowest BCUT2D eigenvalue weighted by Gasteiger charge is -2.33. The molecule has 1 atom stereocenters. The van der Waals surface area contributed by atoms with E-state index in [-0.39, 0.29) is 23.8 Å². The standard InChI is InChI=1S/C33H34ClN3O4S/c1-24-14-17-29(20-25(24)2)37(42(40,41)30-18-15-28(34)16-19-30)23-32(38)36(22-27-12-8-5-9-13-27)31(33(39)35-3)21-26-10-6-4-7-11-26/h4-20,31H,21-23H2,1-3H3,(H,35,39)/t31-/m0/s1. The van der Waals surface area contributed by atoms with Gasteiger partial charge in [0.2, 0.25) is 11.8 Å². The summed E-state index contributed by atoms with van der Waals surface area (Å²) in [6.07, 6.45) is 0.257. The molecule has 0 saturated carbocycles. The number of nitrogens with one attached hydrogen (secondary N) is 1. The van der Waals surface area contributed by atoms with Gasteiger partial charge in [-0.1, -0.05) is 78.3 Å². The first-order valence-corrected chi connectivity index (χ1v) is 15.4. The third kappa shape index (κ3) is 7.38. The molecule has 4 aromatic rings. The summed E-state index contributed by atoms with van der Waals surface area (Å²) in [5.74, 6) is -0.861. The Morgan fingerprint density at radius 3 is 1.98 bits per heavy atom. The number of benzene rings is 4. The minimum atomic E-state index is -4.19. The Kier molecular flexibility index (Phi) is 10.0. The van der Waals surface area contributed by atoms with E-state index in [1.165, 1.54) is 36.2 Å². The summed E-state index contributed by atoms with van der Waals surface area (Å²) in [6, 6.07) is 29.0. The van der Waals surface area contributed by atoms with E-state index < -0.39 is 28.5 Å². The van der Waals surface area contributed by atoms with Crippen LogP contribution in [0.1, 0.15) is 22.3 Å². The first kappa shape index (κ1) is 30.8. The number of anilines is 1. The van der Waals surface area contributed by atoms with E-state index in [1.807, 2.05) is 80.6 Å². The molecule has 0 aromatic heterocycles. The number of hydrogen-bond acceptors (Lipinski definition) is 4. The number of carbonyl (C=O) groups is 2. The Bertz CT molecular complexity index is 1630. The normalized spacial score (nSPS) is 11.9. The summed E-state index contributed by atoms with van der Waals surface area (Å²) in [6.45, 7) is 3.42. The number of amides is 2. The second kappa shape index (κ2) is 13.7. The molecular formula is C33H34ClN3O4S. The molecule has 0 fully saturated rings. The van der Waals surface area contributed by atoms with Crippen molar-refractivity contribution in [3.05, 3.63) is 130 Å². The van der Waals surface area contributed by atoms with Crippen LogP contribution < -0.4 is 9.62 Å². The van der Waals surface area contributed by atoms with Crippen molar-refractivity contribution in [3.8, 4) is 0 Å². The predicted octanol–water partition coefficient (Wildman–Crippen LogP) is 5.54. The third-order valence-electron chi connectivity index (χ3n) is 7.17. The Morgan fingerprint density at radius 1 is 0.810 bits per heavy atom. The topological polar surface area (TPSA) is 86.8 Å². The third-order valence-corrected chi connectivity index (χ3v) is 9.21. The number of sulfonamides is 1. The molecule has 2 amide bonds. The number of nitrogens with zero attached hydrogens (tertiary/aromatic N) is 2. The van der Waals surface area contributed by atoms with Crippen molar-refractivity contribution >= 4 is 39.1 Å². The molecule has 42 heavy (non-hydrogen) atoms. The second-order valence-corrected chi connectivity index (χ2v) is 12.4. The molecule has 0 spiro atoms. The minimum absolute atomic E-state index is 0.000302. The zero-order valence-corrected chi connectivity index (χ0v) is 25.4. The molecule has 4 rings (SSSR count). The largest absolute Gasteiger partial charge is 0.357 e. The average molecular weight is 604 g/mol. The van der Waals surface area contributed by atoms with Crippen molar-refractivity contribution in [3.63, 3.8) is 0 Å². The number of halogens is 1. The molecule has 0 aliphatic rings. The van der Waals surface area contributed by atoms with Gasteiger partial charge in [0, 0.05) is 25.0 Å². The molecule has 0 heterocycles. The first-order chi connectivity index (χ1) is 20.1. The highest BCUT2D eigenvalue weighted by molar-refractivity contribution is 7.92. The molecule has 1 N–H and O–H groups in total. The smallest absolute Gasteiger partial charge is 0.264 e. The summed E-state index contributed by atoms with van der Waals surface area (Å²) in [7, 11) is -2.66. The number of aryl methyl sites for hydroxylation is 2. The number of likely N-dealkylation sites (N-methyl/N-ethyl adjacent to an activating group) is 1. The average Bonchev–Trinajstić information content (AvgIpc) is 2.99. The molecule has 0 radical (unpaired) electrons. The molecule has 0 aliphatic carbocycles. The molecule has 0 aliphatic heterocycles. The lowest BCUT2D eigenvalue weighted by Crippen LogP contribution is -2.53. The summed E-state index contributed by atoms with van der Waals surface area (Å²) in [5, 5.41) is 3.08. The maximum absolute atomic E-state index is 14.3. The van der Waals surface area contributed by atoms with Gasteiger partial charge in [-0.2, -0.15) is 0 Å². The lowest BCUT2D eigenvalue weighted by molar-refractivity contribution is -0.139. The van der Waals surface area contributed by atoms with Crippen LogP contribution in [0.5, 0.6) is 0 Å². The zero-order valence-electron chi connectivity index (χ0n) is 23.8. The van der Waals surface area contributed by atoms with Gasteiger partial charge in [0.05, 0.1) is 10.6 Å². The fourth-order valence-corrected chi connectivity index (χ4v) is 6.18. The predicted molar refractivity (Wildman–Crippen MR) is 167 cm³/mol. The molecule has 218 valence electrons. The van der Waals surface area contributed by atoms with Gasteiger partial charge in [-0.15, -0.1) is 0 Å². The molecule has 7 nitrogen and oxygen atoms in total. The van der Waals surface area contributed by atoms with Crippen molar-refractivity contribution < 1.29 is 18.0 Å². The van der Waals surface area contributed by atoms with Gasteiger partial charge in [-0.25, -0.2) is 8.42 Å². The highest BCUT2D eigenvalue weighted by Gasteiger charge is 2.34. The quantitative estimate of drug-likeness (QED) is 0.244. The maximum atomic E-state index is 14.3. The fourth-order valence-electron chi connectivity index (χ4n) is 4.64. The van der Waals surface area contributed by atoms with Gasteiger partial charge < -0.3 is 10.2 Å². The zero-order chi connectivity index (χ0) is 30.3. The van der Waals surface area contributed by atoms with Crippen LogP contribution in [0.2, 0.25) is 5.02 Å². The van der Waals surface area contributed by atoms with Crippen LogP contribution in [0.3, 0.4) is 0 Å². The van der Waals surface area contributed by atoms with Crippen LogP contribution in [-0.2, 0) is 32.6 Å². The highest BCUT2D eigenvalue weighted by atomic mass is 35.5. The van der Waals surface area contributed by atoms with Crippen LogP contribution in [0.4, 0.5) is 5.69 Å². The van der Waals surface area contributed by atoms with E-state index in [9.17, 15) is 18.0 Å². The Morgan fingerprint density at radius 2 is 1.40 bits per heavy atom. The van der Waals surface area contributed by atoms with Gasteiger partial charge in [-0.05, 0) is 72.5 Å². The Balaban J connectivity index is 1.79. The number of carbonyl (C=O) groups excluding carboxylic acids is 2. The van der Waals surface area contributed by atoms with E-state index in [4.69, 9.17) is 11.6 Å². The Labute approximate surface area is 252 Å². The van der Waals surface area contributed by atoms with Crippen LogP contribution >= 0.6 is 11.6 Å². The van der Waals surface area contributed by atoms with Crippen molar-refractivity contribution in [1.29, 1.82) is 0 Å². The van der Waals surface area contributed by atoms with Crippen LogP contribution in [0.25, 0.3) is 0 Å². The van der Waals surface area contributed by atoms with Crippen molar-refractivity contribution in [2.45, 2.75) is 37.8 Å². The van der Waals surface area contributed by atoms with E-state index in [0.717, 1.165) is 26.6 Å². The number of rotatable bonds is 11. The summed E-state index contributed by atoms with van der Waals surface area (Å²) in [5.41, 5.74) is 3.90. The van der Waals surface area contributed by atoms with Crippen molar-refractivity contribution in [2.24, 2.45) is 0 Å².